The Kier molecular flexibility index (Phi) is 3.28. The van der Waals surface area contributed by atoms with E-state index < -0.39 is 0 Å². The van der Waals surface area contributed by atoms with Crippen molar-refractivity contribution in [1.29, 1.82) is 5.26 Å². The van der Waals surface area contributed by atoms with Gasteiger partial charge in [-0.2, -0.15) is 5.26 Å². The van der Waals surface area contributed by atoms with Gasteiger partial charge in [0.1, 0.15) is 5.82 Å². The van der Waals surface area contributed by atoms with Crippen LogP contribution >= 0.6 is 0 Å². The Balaban J connectivity index is 2.28. The van der Waals surface area contributed by atoms with Crippen LogP contribution in [0.2, 0.25) is 0 Å². The molecule has 3 aromatic rings. The van der Waals surface area contributed by atoms with Crippen molar-refractivity contribution in [1.82, 2.24) is 14.5 Å². The molecule has 0 aliphatic rings. The second kappa shape index (κ2) is 5.25. The molecule has 0 saturated carbocycles. The fraction of sp³-hybridized carbons (Fsp3) is 0.188. The molecule has 5 heteroatoms. The molecular weight excluding hydrogens is 264 g/mol. The highest BCUT2D eigenvalue weighted by atomic mass is 16.1. The molecule has 0 aliphatic carbocycles. The van der Waals surface area contributed by atoms with E-state index in [4.69, 9.17) is 5.26 Å². The van der Waals surface area contributed by atoms with Crippen LogP contribution in [0.15, 0.2) is 41.3 Å². The number of fused-ring (bicyclic) bond motifs is 1. The molecule has 2 aromatic heterocycles. The van der Waals surface area contributed by atoms with Crippen molar-refractivity contribution in [3.05, 3.63) is 52.4 Å². The van der Waals surface area contributed by atoms with Crippen molar-refractivity contribution in [3.8, 4) is 17.5 Å². The lowest BCUT2D eigenvalue weighted by molar-refractivity contribution is 0.704. The van der Waals surface area contributed by atoms with Gasteiger partial charge in [-0.1, -0.05) is 6.92 Å². The van der Waals surface area contributed by atoms with E-state index >= 15 is 0 Å². The van der Waals surface area contributed by atoms with Crippen LogP contribution < -0.4 is 5.56 Å². The quantitative estimate of drug-likeness (QED) is 0.800. The van der Waals surface area contributed by atoms with Crippen LogP contribution in [0, 0.1) is 11.3 Å². The fourth-order valence-electron chi connectivity index (χ4n) is 2.45. The Morgan fingerprint density at radius 3 is 2.90 bits per heavy atom. The Bertz CT molecular complexity index is 899. The molecule has 0 saturated heterocycles. The summed E-state index contributed by atoms with van der Waals surface area (Å²) in [6.07, 6.45) is 2.58. The van der Waals surface area contributed by atoms with E-state index in [1.807, 2.05) is 12.1 Å². The Morgan fingerprint density at radius 1 is 1.33 bits per heavy atom. The lowest BCUT2D eigenvalue weighted by atomic mass is 10.2. The van der Waals surface area contributed by atoms with E-state index in [0.29, 0.717) is 5.56 Å². The Hall–Kier alpha value is -2.87. The normalized spacial score (nSPS) is 10.7. The van der Waals surface area contributed by atoms with Crippen LogP contribution in [0.3, 0.4) is 0 Å². The Labute approximate surface area is 121 Å². The first-order valence-electron chi connectivity index (χ1n) is 6.82. The zero-order chi connectivity index (χ0) is 14.8. The number of hydrogen-bond donors (Lipinski definition) is 1. The number of aryl methyl sites for hydroxylation is 1. The van der Waals surface area contributed by atoms with Crippen molar-refractivity contribution in [2.24, 2.45) is 0 Å². The number of nitrogens with one attached hydrogen (secondary N) is 1. The number of aromatic nitrogens is 3. The van der Waals surface area contributed by atoms with Gasteiger partial charge in [-0.15, -0.1) is 0 Å². The number of aromatic amines is 1. The molecule has 104 valence electrons. The molecule has 0 bridgehead atoms. The van der Waals surface area contributed by atoms with Crippen molar-refractivity contribution in [2.45, 2.75) is 19.9 Å². The van der Waals surface area contributed by atoms with Gasteiger partial charge in [0.2, 0.25) is 5.56 Å². The first kappa shape index (κ1) is 13.1. The predicted octanol–water partition coefficient (Wildman–Crippen LogP) is 2.67. The van der Waals surface area contributed by atoms with Gasteiger partial charge in [-0.3, -0.25) is 4.79 Å². The first-order valence-corrected chi connectivity index (χ1v) is 6.82. The molecule has 0 radical (unpaired) electrons. The van der Waals surface area contributed by atoms with Crippen LogP contribution in [0.5, 0.6) is 0 Å². The van der Waals surface area contributed by atoms with Gasteiger partial charge in [-0.25, -0.2) is 4.98 Å². The third-order valence-corrected chi connectivity index (χ3v) is 3.36. The molecule has 5 nitrogen and oxygen atoms in total. The molecule has 1 N–H and O–H groups in total. The van der Waals surface area contributed by atoms with Gasteiger partial charge < -0.3 is 9.55 Å². The largest absolute Gasteiger partial charge is 0.329 e. The van der Waals surface area contributed by atoms with Gasteiger partial charge in [-0.05, 0) is 30.7 Å². The summed E-state index contributed by atoms with van der Waals surface area (Å²) in [5.74, 6) is 0.757. The van der Waals surface area contributed by atoms with Crippen LogP contribution in [-0.2, 0) is 6.54 Å². The number of benzene rings is 1. The minimum absolute atomic E-state index is 0.152. The lowest BCUT2D eigenvalue weighted by Gasteiger charge is -2.07. The fourth-order valence-corrected chi connectivity index (χ4v) is 2.45. The molecule has 3 rings (SSSR count). The highest BCUT2D eigenvalue weighted by molar-refractivity contribution is 5.81. The van der Waals surface area contributed by atoms with E-state index in [9.17, 15) is 4.79 Å². The summed E-state index contributed by atoms with van der Waals surface area (Å²) in [5.41, 5.74) is 2.97. The standard InChI is InChI=1S/C16H14N4O/c1-2-7-20-14-4-3-11(10-17)8-13(14)19-16(20)12-5-6-18-15(21)9-12/h3-6,8-9H,2,7H2,1H3,(H,18,21). The first-order chi connectivity index (χ1) is 10.2. The minimum atomic E-state index is -0.152. The number of H-pyrrole nitrogens is 1. The van der Waals surface area contributed by atoms with E-state index in [1.165, 1.54) is 0 Å². The summed E-state index contributed by atoms with van der Waals surface area (Å²) in [5, 5.41) is 9.00. The zero-order valence-electron chi connectivity index (χ0n) is 11.6. The number of hydrogen-bond acceptors (Lipinski definition) is 3. The highest BCUT2D eigenvalue weighted by Gasteiger charge is 2.12. The van der Waals surface area contributed by atoms with Gasteiger partial charge in [0.25, 0.3) is 0 Å². The molecule has 0 aliphatic heterocycles. The maximum absolute atomic E-state index is 11.5. The summed E-state index contributed by atoms with van der Waals surface area (Å²) in [6, 6.07) is 11.0. The van der Waals surface area contributed by atoms with E-state index in [0.717, 1.165) is 35.4 Å². The molecule has 0 amide bonds. The molecule has 1 aromatic carbocycles. The topological polar surface area (TPSA) is 74.5 Å². The molecule has 0 atom stereocenters. The van der Waals surface area contributed by atoms with Gasteiger partial charge in [0.15, 0.2) is 0 Å². The summed E-state index contributed by atoms with van der Waals surface area (Å²) < 4.78 is 2.09. The zero-order valence-corrected chi connectivity index (χ0v) is 11.6. The van der Waals surface area contributed by atoms with Crippen LogP contribution in [-0.4, -0.2) is 14.5 Å². The maximum atomic E-state index is 11.5. The van der Waals surface area contributed by atoms with Crippen LogP contribution in [0.1, 0.15) is 18.9 Å². The molecule has 0 spiro atoms. The highest BCUT2D eigenvalue weighted by Crippen LogP contribution is 2.25. The molecule has 2 heterocycles. The average Bonchev–Trinajstić information content (AvgIpc) is 2.85. The SMILES string of the molecule is CCCn1c(-c2cc[nH]c(=O)c2)nc2cc(C#N)ccc21. The number of imidazole rings is 1. The van der Waals surface area contributed by atoms with Crippen molar-refractivity contribution in [2.75, 3.05) is 0 Å². The molecule has 21 heavy (non-hydrogen) atoms. The summed E-state index contributed by atoms with van der Waals surface area (Å²) >= 11 is 0. The summed E-state index contributed by atoms with van der Waals surface area (Å²) in [6.45, 7) is 2.90. The smallest absolute Gasteiger partial charge is 0.248 e. The van der Waals surface area contributed by atoms with E-state index in [-0.39, 0.29) is 5.56 Å². The number of nitriles is 1. The molecule has 0 fully saturated rings. The average molecular weight is 278 g/mol. The molecule has 0 unspecified atom stereocenters. The van der Waals surface area contributed by atoms with E-state index in [2.05, 4.69) is 27.5 Å². The number of rotatable bonds is 3. The summed E-state index contributed by atoms with van der Waals surface area (Å²) in [4.78, 5) is 18.7. The van der Waals surface area contributed by atoms with Crippen molar-refractivity contribution >= 4 is 11.0 Å². The van der Waals surface area contributed by atoms with Gasteiger partial charge >= 0.3 is 0 Å². The number of pyridine rings is 1. The monoisotopic (exact) mass is 278 g/mol. The molecular formula is C16H14N4O. The minimum Gasteiger partial charge on any atom is -0.329 e. The van der Waals surface area contributed by atoms with Crippen LogP contribution in [0.25, 0.3) is 22.4 Å². The van der Waals surface area contributed by atoms with Crippen LogP contribution in [0.4, 0.5) is 0 Å². The Morgan fingerprint density at radius 2 is 2.19 bits per heavy atom. The third-order valence-electron chi connectivity index (χ3n) is 3.36. The van der Waals surface area contributed by atoms with Gasteiger partial charge in [0, 0.05) is 24.4 Å². The second-order valence-corrected chi connectivity index (χ2v) is 4.84. The van der Waals surface area contributed by atoms with E-state index in [1.54, 1.807) is 24.4 Å². The predicted molar refractivity (Wildman–Crippen MR) is 80.8 cm³/mol. The second-order valence-electron chi connectivity index (χ2n) is 4.84. The number of nitrogens with zero attached hydrogens (tertiary/aromatic N) is 3. The third kappa shape index (κ3) is 2.32. The summed E-state index contributed by atoms with van der Waals surface area (Å²) in [7, 11) is 0. The van der Waals surface area contributed by atoms with Gasteiger partial charge in [0.05, 0.1) is 22.7 Å². The maximum Gasteiger partial charge on any atom is 0.248 e. The van der Waals surface area contributed by atoms with Crippen molar-refractivity contribution in [3.63, 3.8) is 0 Å². The lowest BCUT2D eigenvalue weighted by Crippen LogP contribution is -2.05. The van der Waals surface area contributed by atoms with Crippen molar-refractivity contribution < 1.29 is 0 Å².